The van der Waals surface area contributed by atoms with Crippen LogP contribution in [-0.4, -0.2) is 14.9 Å². The summed E-state index contributed by atoms with van der Waals surface area (Å²) >= 11 is 0. The van der Waals surface area contributed by atoms with Crippen molar-refractivity contribution in [3.8, 4) is 5.75 Å². The predicted octanol–water partition coefficient (Wildman–Crippen LogP) is 2.30. The smallest absolute Gasteiger partial charge is 0.433 e. The lowest BCUT2D eigenvalue weighted by molar-refractivity contribution is -0.142. The second-order valence-corrected chi connectivity index (χ2v) is 3.17. The van der Waals surface area contributed by atoms with Crippen molar-refractivity contribution in [2.24, 2.45) is 7.05 Å². The molecule has 0 unspecified atom stereocenters. The fraction of sp³-hybridized carbons (Fsp3) is 0.222. The molecule has 6 heteroatoms. The summed E-state index contributed by atoms with van der Waals surface area (Å²) in [6, 6.07) is 3.71. The molecule has 0 aliphatic carbocycles. The minimum absolute atomic E-state index is 0.0926. The number of alkyl halides is 3. The number of aromatic hydroxyl groups is 1. The molecule has 1 aromatic heterocycles. The molecule has 0 spiro atoms. The van der Waals surface area contributed by atoms with Crippen molar-refractivity contribution in [3.63, 3.8) is 0 Å². The Balaban J connectivity index is 2.82. The Kier molecular flexibility index (Phi) is 1.89. The number of nitrogens with zero attached hydrogens (tertiary/aromatic N) is 2. The fourth-order valence-electron chi connectivity index (χ4n) is 1.52. The first-order valence-corrected chi connectivity index (χ1v) is 4.12. The molecule has 2 aromatic rings. The Bertz CT molecular complexity index is 516. The highest BCUT2D eigenvalue weighted by atomic mass is 19.4. The molecular formula is C9H7F3N2O. The first kappa shape index (κ1) is 9.82. The zero-order chi connectivity index (χ0) is 11.2. The maximum atomic E-state index is 12.6. The molecule has 3 nitrogen and oxygen atoms in total. The van der Waals surface area contributed by atoms with Crippen LogP contribution < -0.4 is 0 Å². The summed E-state index contributed by atoms with van der Waals surface area (Å²) in [7, 11) is 1.22. The number of halogens is 3. The molecule has 0 saturated carbocycles. The van der Waals surface area contributed by atoms with E-state index >= 15 is 0 Å². The first-order valence-electron chi connectivity index (χ1n) is 4.12. The number of hydrogen-bond donors (Lipinski definition) is 1. The van der Waals surface area contributed by atoms with Crippen molar-refractivity contribution in [1.29, 1.82) is 0 Å². The van der Waals surface area contributed by atoms with Crippen LogP contribution in [0.15, 0.2) is 18.2 Å². The molecule has 1 N–H and O–H groups in total. The van der Waals surface area contributed by atoms with Crippen LogP contribution in [0.3, 0.4) is 0 Å². The van der Waals surface area contributed by atoms with E-state index in [2.05, 4.69) is 5.10 Å². The van der Waals surface area contributed by atoms with Gasteiger partial charge in [0.05, 0.1) is 5.52 Å². The van der Waals surface area contributed by atoms with E-state index in [0.29, 0.717) is 0 Å². The summed E-state index contributed by atoms with van der Waals surface area (Å²) in [5.41, 5.74) is -0.643. The topological polar surface area (TPSA) is 38.0 Å². The minimum atomic E-state index is -4.47. The van der Waals surface area contributed by atoms with Crippen molar-refractivity contribution >= 4 is 10.9 Å². The summed E-state index contributed by atoms with van der Waals surface area (Å²) in [4.78, 5) is 0. The van der Waals surface area contributed by atoms with Gasteiger partial charge in [0.1, 0.15) is 11.4 Å². The average molecular weight is 216 g/mol. The zero-order valence-electron chi connectivity index (χ0n) is 7.71. The summed E-state index contributed by atoms with van der Waals surface area (Å²) in [6.07, 6.45) is -4.47. The number of aryl methyl sites for hydroxylation is 1. The third-order valence-electron chi connectivity index (χ3n) is 2.09. The van der Waals surface area contributed by atoms with Gasteiger partial charge in [0.15, 0.2) is 0 Å². The van der Waals surface area contributed by atoms with Gasteiger partial charge in [-0.1, -0.05) is 0 Å². The van der Waals surface area contributed by atoms with Crippen LogP contribution in [0, 0.1) is 0 Å². The Labute approximate surface area is 82.7 Å². The standard InChI is InChI=1S/C9H7F3N2O/c1-14-8(9(10,11)12)6-4-5(15)2-3-7(6)13-14/h2-4,15H,1H3. The number of phenols is 1. The molecule has 1 aromatic carbocycles. The molecule has 80 valence electrons. The molecule has 0 aliphatic heterocycles. The predicted molar refractivity (Wildman–Crippen MR) is 47.4 cm³/mol. The second kappa shape index (κ2) is 2.88. The lowest BCUT2D eigenvalue weighted by Crippen LogP contribution is -2.11. The number of aromatic nitrogens is 2. The van der Waals surface area contributed by atoms with Crippen molar-refractivity contribution < 1.29 is 18.3 Å². The minimum Gasteiger partial charge on any atom is -0.508 e. The lowest BCUT2D eigenvalue weighted by atomic mass is 10.2. The van der Waals surface area contributed by atoms with E-state index in [1.807, 2.05) is 0 Å². The van der Waals surface area contributed by atoms with Gasteiger partial charge in [0, 0.05) is 12.4 Å². The quantitative estimate of drug-likeness (QED) is 0.733. The average Bonchev–Trinajstić information content (AvgIpc) is 2.38. The Morgan fingerprint density at radius 3 is 2.60 bits per heavy atom. The Morgan fingerprint density at radius 2 is 2.00 bits per heavy atom. The van der Waals surface area contributed by atoms with Gasteiger partial charge in [0.2, 0.25) is 0 Å². The SMILES string of the molecule is Cn1nc2ccc(O)cc2c1C(F)(F)F. The van der Waals surface area contributed by atoms with E-state index < -0.39 is 11.9 Å². The molecule has 0 aliphatic rings. The molecule has 0 saturated heterocycles. The van der Waals surface area contributed by atoms with Gasteiger partial charge in [-0.2, -0.15) is 18.3 Å². The van der Waals surface area contributed by atoms with Crippen LogP contribution in [-0.2, 0) is 13.2 Å². The number of fused-ring (bicyclic) bond motifs is 1. The maximum Gasteiger partial charge on any atom is 0.433 e. The lowest BCUT2D eigenvalue weighted by Gasteiger charge is -2.06. The molecule has 15 heavy (non-hydrogen) atoms. The third kappa shape index (κ3) is 1.51. The summed E-state index contributed by atoms with van der Waals surface area (Å²) in [5.74, 6) is -0.207. The van der Waals surface area contributed by atoms with Crippen LogP contribution in [0.1, 0.15) is 5.69 Å². The highest BCUT2D eigenvalue weighted by Crippen LogP contribution is 2.35. The van der Waals surface area contributed by atoms with Gasteiger partial charge in [-0.15, -0.1) is 0 Å². The summed E-state index contributed by atoms with van der Waals surface area (Å²) < 4.78 is 38.6. The Hall–Kier alpha value is -1.72. The van der Waals surface area contributed by atoms with E-state index in [1.54, 1.807) is 0 Å². The fourth-order valence-corrected chi connectivity index (χ4v) is 1.52. The molecule has 1 heterocycles. The van der Waals surface area contributed by atoms with Crippen LogP contribution in [0.5, 0.6) is 5.75 Å². The number of benzene rings is 1. The van der Waals surface area contributed by atoms with Gasteiger partial charge in [-0.05, 0) is 18.2 Å². The van der Waals surface area contributed by atoms with Crippen molar-refractivity contribution in [2.45, 2.75) is 6.18 Å². The maximum absolute atomic E-state index is 12.6. The van der Waals surface area contributed by atoms with Crippen LogP contribution in [0.25, 0.3) is 10.9 Å². The molecule has 2 rings (SSSR count). The van der Waals surface area contributed by atoms with Gasteiger partial charge in [0.25, 0.3) is 0 Å². The number of phenolic OH excluding ortho intramolecular Hbond substituents is 1. The van der Waals surface area contributed by atoms with E-state index in [1.165, 1.54) is 19.2 Å². The second-order valence-electron chi connectivity index (χ2n) is 3.17. The van der Waals surface area contributed by atoms with Gasteiger partial charge in [-0.25, -0.2) is 0 Å². The molecule has 0 bridgehead atoms. The van der Waals surface area contributed by atoms with Gasteiger partial charge < -0.3 is 5.11 Å². The molecule has 0 radical (unpaired) electrons. The van der Waals surface area contributed by atoms with E-state index in [9.17, 15) is 13.2 Å². The zero-order valence-corrected chi connectivity index (χ0v) is 7.71. The molecular weight excluding hydrogens is 209 g/mol. The van der Waals surface area contributed by atoms with Crippen LogP contribution in [0.4, 0.5) is 13.2 Å². The highest BCUT2D eigenvalue weighted by molar-refractivity contribution is 5.83. The van der Waals surface area contributed by atoms with Crippen molar-refractivity contribution in [3.05, 3.63) is 23.9 Å². The van der Waals surface area contributed by atoms with Crippen LogP contribution >= 0.6 is 0 Å². The summed E-state index contributed by atoms with van der Waals surface area (Å²) in [6.45, 7) is 0. The van der Waals surface area contributed by atoms with Crippen molar-refractivity contribution in [2.75, 3.05) is 0 Å². The highest BCUT2D eigenvalue weighted by Gasteiger charge is 2.36. The molecule has 0 amide bonds. The monoisotopic (exact) mass is 216 g/mol. The molecule has 0 atom stereocenters. The third-order valence-corrected chi connectivity index (χ3v) is 2.09. The Morgan fingerprint density at radius 1 is 1.33 bits per heavy atom. The summed E-state index contributed by atoms with van der Waals surface area (Å²) in [5, 5.41) is 12.7. The number of rotatable bonds is 0. The van der Waals surface area contributed by atoms with E-state index in [0.717, 1.165) is 10.7 Å². The molecule has 0 fully saturated rings. The normalized spacial score (nSPS) is 12.3. The largest absolute Gasteiger partial charge is 0.508 e. The first-order chi connectivity index (χ1) is 6.89. The van der Waals surface area contributed by atoms with Crippen LogP contribution in [0.2, 0.25) is 0 Å². The van der Waals surface area contributed by atoms with Crippen molar-refractivity contribution in [1.82, 2.24) is 9.78 Å². The van der Waals surface area contributed by atoms with Gasteiger partial charge in [-0.3, -0.25) is 4.68 Å². The van der Waals surface area contributed by atoms with Gasteiger partial charge >= 0.3 is 6.18 Å². The van der Waals surface area contributed by atoms with E-state index in [-0.39, 0.29) is 16.7 Å². The number of hydrogen-bond acceptors (Lipinski definition) is 2. The van der Waals surface area contributed by atoms with E-state index in [4.69, 9.17) is 5.11 Å².